The SMILES string of the molecule is COC(=O)c1c(-c2ccc(OC(C)C)cc2O)nn(-c2ccccc2)c1C(=O)OC. The lowest BCUT2D eigenvalue weighted by Gasteiger charge is -2.11. The van der Waals surface area contributed by atoms with Crippen LogP contribution in [0.2, 0.25) is 0 Å². The van der Waals surface area contributed by atoms with Crippen LogP contribution in [-0.4, -0.2) is 47.1 Å². The van der Waals surface area contributed by atoms with Gasteiger partial charge in [-0.1, -0.05) is 18.2 Å². The molecule has 0 spiro atoms. The van der Waals surface area contributed by atoms with Crippen LogP contribution in [-0.2, 0) is 9.47 Å². The lowest BCUT2D eigenvalue weighted by atomic mass is 10.0. The Balaban J connectivity index is 2.28. The Kier molecular flexibility index (Phi) is 6.06. The summed E-state index contributed by atoms with van der Waals surface area (Å²) in [5.74, 6) is -1.25. The maximum Gasteiger partial charge on any atom is 0.357 e. The van der Waals surface area contributed by atoms with E-state index in [9.17, 15) is 14.7 Å². The first-order valence-corrected chi connectivity index (χ1v) is 9.22. The number of aromatic nitrogens is 2. The molecular formula is C22H22N2O6. The summed E-state index contributed by atoms with van der Waals surface area (Å²) in [5.41, 5.74) is 0.646. The number of benzene rings is 2. The van der Waals surface area contributed by atoms with Gasteiger partial charge in [0, 0.05) is 11.6 Å². The summed E-state index contributed by atoms with van der Waals surface area (Å²) in [6, 6.07) is 13.4. The minimum Gasteiger partial charge on any atom is -0.507 e. The van der Waals surface area contributed by atoms with Crippen molar-refractivity contribution in [1.82, 2.24) is 9.78 Å². The molecule has 0 aliphatic heterocycles. The molecule has 156 valence electrons. The molecular weight excluding hydrogens is 388 g/mol. The highest BCUT2D eigenvalue weighted by Gasteiger charge is 2.32. The van der Waals surface area contributed by atoms with Crippen molar-refractivity contribution < 1.29 is 28.9 Å². The van der Waals surface area contributed by atoms with E-state index in [1.807, 2.05) is 19.9 Å². The van der Waals surface area contributed by atoms with Crippen molar-refractivity contribution in [3.63, 3.8) is 0 Å². The van der Waals surface area contributed by atoms with Gasteiger partial charge < -0.3 is 19.3 Å². The number of para-hydroxylation sites is 1. The number of methoxy groups -OCH3 is 2. The molecule has 0 saturated carbocycles. The second kappa shape index (κ2) is 8.69. The fourth-order valence-electron chi connectivity index (χ4n) is 3.00. The molecule has 0 saturated heterocycles. The minimum absolute atomic E-state index is 0.0795. The summed E-state index contributed by atoms with van der Waals surface area (Å²) in [6.45, 7) is 3.73. The van der Waals surface area contributed by atoms with E-state index in [0.29, 0.717) is 11.4 Å². The fraction of sp³-hybridized carbons (Fsp3) is 0.227. The van der Waals surface area contributed by atoms with Crippen LogP contribution < -0.4 is 4.74 Å². The summed E-state index contributed by atoms with van der Waals surface area (Å²) < 4.78 is 16.7. The zero-order chi connectivity index (χ0) is 21.8. The zero-order valence-electron chi connectivity index (χ0n) is 17.1. The second-order valence-corrected chi connectivity index (χ2v) is 6.65. The molecule has 30 heavy (non-hydrogen) atoms. The van der Waals surface area contributed by atoms with Gasteiger partial charge in [-0.3, -0.25) is 0 Å². The Morgan fingerprint density at radius 3 is 2.23 bits per heavy atom. The van der Waals surface area contributed by atoms with Crippen molar-refractivity contribution in [1.29, 1.82) is 0 Å². The van der Waals surface area contributed by atoms with E-state index in [4.69, 9.17) is 14.2 Å². The molecule has 8 nitrogen and oxygen atoms in total. The zero-order valence-corrected chi connectivity index (χ0v) is 17.1. The number of rotatable bonds is 6. The normalized spacial score (nSPS) is 10.7. The second-order valence-electron chi connectivity index (χ2n) is 6.65. The first-order chi connectivity index (χ1) is 14.4. The van der Waals surface area contributed by atoms with Crippen LogP contribution in [0.25, 0.3) is 16.9 Å². The first kappa shape index (κ1) is 20.9. The molecule has 0 aliphatic rings. The molecule has 2 aromatic carbocycles. The van der Waals surface area contributed by atoms with Crippen LogP contribution in [0.15, 0.2) is 48.5 Å². The first-order valence-electron chi connectivity index (χ1n) is 9.22. The maximum absolute atomic E-state index is 12.6. The number of phenolic OH excluding ortho intramolecular Hbond substituents is 1. The van der Waals surface area contributed by atoms with E-state index in [-0.39, 0.29) is 34.4 Å². The minimum atomic E-state index is -0.783. The van der Waals surface area contributed by atoms with E-state index >= 15 is 0 Å². The monoisotopic (exact) mass is 410 g/mol. The molecule has 0 bridgehead atoms. The van der Waals surface area contributed by atoms with Gasteiger partial charge in [0.25, 0.3) is 0 Å². The molecule has 3 aromatic rings. The third-order valence-corrected chi connectivity index (χ3v) is 4.25. The van der Waals surface area contributed by atoms with Crippen LogP contribution in [0.4, 0.5) is 0 Å². The molecule has 0 fully saturated rings. The van der Waals surface area contributed by atoms with E-state index < -0.39 is 11.9 Å². The number of nitrogens with zero attached hydrogens (tertiary/aromatic N) is 2. The van der Waals surface area contributed by atoms with Gasteiger partial charge in [0.15, 0.2) is 5.69 Å². The third-order valence-electron chi connectivity index (χ3n) is 4.25. The highest BCUT2D eigenvalue weighted by molar-refractivity contribution is 6.07. The molecule has 3 rings (SSSR count). The van der Waals surface area contributed by atoms with Gasteiger partial charge in [-0.15, -0.1) is 0 Å². The highest BCUT2D eigenvalue weighted by atomic mass is 16.5. The molecule has 0 unspecified atom stereocenters. The number of ether oxygens (including phenoxy) is 3. The topological polar surface area (TPSA) is 99.9 Å². The third kappa shape index (κ3) is 3.98. The average Bonchev–Trinajstić information content (AvgIpc) is 3.13. The average molecular weight is 410 g/mol. The highest BCUT2D eigenvalue weighted by Crippen LogP contribution is 2.36. The van der Waals surface area contributed by atoms with Crippen molar-refractivity contribution in [3.05, 3.63) is 59.8 Å². The maximum atomic E-state index is 12.6. The van der Waals surface area contributed by atoms with Gasteiger partial charge in [0.2, 0.25) is 0 Å². The predicted octanol–water partition coefficient (Wildman–Crippen LogP) is 3.61. The Morgan fingerprint density at radius 1 is 1.00 bits per heavy atom. The lowest BCUT2D eigenvalue weighted by molar-refractivity contribution is 0.0549. The number of carbonyl (C=O) groups excluding carboxylic acids is 2. The number of carbonyl (C=O) groups is 2. The quantitative estimate of drug-likeness (QED) is 0.620. The van der Waals surface area contributed by atoms with Gasteiger partial charge in [-0.05, 0) is 38.1 Å². The molecule has 0 atom stereocenters. The van der Waals surface area contributed by atoms with Crippen molar-refractivity contribution >= 4 is 11.9 Å². The lowest BCUT2D eigenvalue weighted by Crippen LogP contribution is -2.15. The predicted molar refractivity (Wildman–Crippen MR) is 109 cm³/mol. The van der Waals surface area contributed by atoms with Crippen molar-refractivity contribution in [2.45, 2.75) is 20.0 Å². The fourth-order valence-corrected chi connectivity index (χ4v) is 3.00. The smallest absolute Gasteiger partial charge is 0.357 e. The number of hydrogen-bond acceptors (Lipinski definition) is 7. The standard InChI is InChI=1S/C22H22N2O6/c1-13(2)30-15-10-11-16(17(25)12-15)19-18(21(26)28-3)20(22(27)29-4)24(23-19)14-8-6-5-7-9-14/h5-13,25H,1-4H3. The summed E-state index contributed by atoms with van der Waals surface area (Å²) in [6.07, 6.45) is -0.0795. The van der Waals surface area contributed by atoms with Gasteiger partial charge in [0.05, 0.1) is 26.0 Å². The van der Waals surface area contributed by atoms with Gasteiger partial charge >= 0.3 is 11.9 Å². The van der Waals surface area contributed by atoms with E-state index in [1.165, 1.54) is 25.0 Å². The van der Waals surface area contributed by atoms with E-state index in [0.717, 1.165) is 0 Å². The Hall–Kier alpha value is -3.81. The van der Waals surface area contributed by atoms with Crippen LogP contribution in [0.1, 0.15) is 34.7 Å². The van der Waals surface area contributed by atoms with Gasteiger partial charge in [-0.2, -0.15) is 5.10 Å². The van der Waals surface area contributed by atoms with Crippen molar-refractivity contribution in [2.75, 3.05) is 14.2 Å². The number of hydrogen-bond donors (Lipinski definition) is 1. The summed E-state index contributed by atoms with van der Waals surface area (Å²) >= 11 is 0. The Labute approximate surface area is 173 Å². The Morgan fingerprint density at radius 2 is 1.67 bits per heavy atom. The molecule has 1 heterocycles. The largest absolute Gasteiger partial charge is 0.507 e. The van der Waals surface area contributed by atoms with Gasteiger partial charge in [0.1, 0.15) is 22.8 Å². The van der Waals surface area contributed by atoms with E-state index in [1.54, 1.807) is 36.4 Å². The van der Waals surface area contributed by atoms with Crippen LogP contribution >= 0.6 is 0 Å². The summed E-state index contributed by atoms with van der Waals surface area (Å²) in [5, 5.41) is 15.1. The summed E-state index contributed by atoms with van der Waals surface area (Å²) in [7, 11) is 2.41. The van der Waals surface area contributed by atoms with Crippen molar-refractivity contribution in [2.24, 2.45) is 0 Å². The molecule has 8 heteroatoms. The number of esters is 2. The number of aromatic hydroxyl groups is 1. The van der Waals surface area contributed by atoms with Crippen LogP contribution in [0.5, 0.6) is 11.5 Å². The van der Waals surface area contributed by atoms with Crippen molar-refractivity contribution in [3.8, 4) is 28.4 Å². The molecule has 1 aromatic heterocycles. The molecule has 0 radical (unpaired) electrons. The summed E-state index contributed by atoms with van der Waals surface area (Å²) in [4.78, 5) is 25.2. The van der Waals surface area contributed by atoms with E-state index in [2.05, 4.69) is 5.10 Å². The Bertz CT molecular complexity index is 1070. The van der Waals surface area contributed by atoms with Crippen LogP contribution in [0.3, 0.4) is 0 Å². The van der Waals surface area contributed by atoms with Crippen LogP contribution in [0, 0.1) is 0 Å². The van der Waals surface area contributed by atoms with Gasteiger partial charge in [-0.25, -0.2) is 14.3 Å². The number of phenols is 1. The molecule has 0 amide bonds. The molecule has 1 N–H and O–H groups in total. The molecule has 0 aliphatic carbocycles.